The Morgan fingerprint density at radius 3 is 2.88 bits per heavy atom. The van der Waals surface area contributed by atoms with Crippen molar-refractivity contribution in [2.45, 2.75) is 26.5 Å². The minimum Gasteiger partial charge on any atom is -0.380 e. The van der Waals surface area contributed by atoms with Gasteiger partial charge in [-0.25, -0.2) is 4.98 Å². The summed E-state index contributed by atoms with van der Waals surface area (Å²) in [6, 6.07) is 5.57. The fraction of sp³-hybridized carbons (Fsp3) is 0.308. The predicted octanol–water partition coefficient (Wildman–Crippen LogP) is 2.95. The number of aromatic nitrogens is 2. The number of hydrogen-bond donors (Lipinski definition) is 1. The molecule has 1 atom stereocenters. The maximum absolute atomic E-state index is 10.3. The molecule has 0 radical (unpaired) electrons. The Morgan fingerprint density at radius 1 is 1.47 bits per heavy atom. The van der Waals surface area contributed by atoms with Gasteiger partial charge in [0.15, 0.2) is 0 Å². The van der Waals surface area contributed by atoms with Crippen LogP contribution in [0.25, 0.3) is 0 Å². The maximum Gasteiger partial charge on any atom is 0.142 e. The molecule has 1 N–H and O–H groups in total. The first kappa shape index (κ1) is 12.1. The molecule has 0 amide bonds. The summed E-state index contributed by atoms with van der Waals surface area (Å²) in [6.07, 6.45) is 2.81. The molecule has 0 aliphatic carbocycles. The second-order valence-electron chi connectivity index (χ2n) is 3.98. The summed E-state index contributed by atoms with van der Waals surface area (Å²) in [5.74, 6) is 0.646. The van der Waals surface area contributed by atoms with Gasteiger partial charge >= 0.3 is 0 Å². The standard InChI is InChI=1S/C13H15ClN2O/c1-3-16-7-6-15-13(16)12(17)10-5-4-9(2)11(14)8-10/h4-8,12,17H,3H2,1-2H3. The molecule has 0 saturated carbocycles. The SMILES string of the molecule is CCn1ccnc1C(O)c1ccc(C)c(Cl)c1. The third-order valence-corrected chi connectivity index (χ3v) is 3.25. The molecule has 0 bridgehead atoms. The molecule has 1 heterocycles. The normalized spacial score (nSPS) is 12.7. The lowest BCUT2D eigenvalue weighted by Gasteiger charge is -2.13. The van der Waals surface area contributed by atoms with Crippen LogP contribution in [0.15, 0.2) is 30.6 Å². The van der Waals surface area contributed by atoms with Crippen LogP contribution in [0.3, 0.4) is 0 Å². The first-order chi connectivity index (χ1) is 8.13. The monoisotopic (exact) mass is 250 g/mol. The highest BCUT2D eigenvalue weighted by molar-refractivity contribution is 6.31. The number of aryl methyl sites for hydroxylation is 2. The Kier molecular flexibility index (Phi) is 3.50. The van der Waals surface area contributed by atoms with E-state index in [0.717, 1.165) is 17.7 Å². The zero-order chi connectivity index (χ0) is 12.4. The van der Waals surface area contributed by atoms with Crippen molar-refractivity contribution in [3.8, 4) is 0 Å². The number of rotatable bonds is 3. The number of aliphatic hydroxyl groups is 1. The summed E-state index contributed by atoms with van der Waals surface area (Å²) in [4.78, 5) is 4.19. The van der Waals surface area contributed by atoms with Gasteiger partial charge in [-0.1, -0.05) is 23.7 Å². The summed E-state index contributed by atoms with van der Waals surface area (Å²) in [5, 5.41) is 10.9. The van der Waals surface area contributed by atoms with Gasteiger partial charge in [-0.3, -0.25) is 0 Å². The van der Waals surface area contributed by atoms with Gasteiger partial charge in [0, 0.05) is 24.0 Å². The number of nitrogens with zero attached hydrogens (tertiary/aromatic N) is 2. The lowest BCUT2D eigenvalue weighted by atomic mass is 10.1. The van der Waals surface area contributed by atoms with Crippen LogP contribution in [0.1, 0.15) is 30.0 Å². The van der Waals surface area contributed by atoms with Crippen molar-refractivity contribution in [1.82, 2.24) is 9.55 Å². The largest absolute Gasteiger partial charge is 0.380 e. The van der Waals surface area contributed by atoms with Gasteiger partial charge in [-0.2, -0.15) is 0 Å². The molecular formula is C13H15ClN2O. The molecule has 90 valence electrons. The maximum atomic E-state index is 10.3. The fourth-order valence-corrected chi connectivity index (χ4v) is 1.95. The van der Waals surface area contributed by atoms with Crippen molar-refractivity contribution in [1.29, 1.82) is 0 Å². The molecule has 4 heteroatoms. The molecule has 1 unspecified atom stereocenters. The van der Waals surface area contributed by atoms with Crippen LogP contribution < -0.4 is 0 Å². The summed E-state index contributed by atoms with van der Waals surface area (Å²) >= 11 is 6.05. The fourth-order valence-electron chi connectivity index (χ4n) is 1.76. The molecular weight excluding hydrogens is 236 g/mol. The average Bonchev–Trinajstić information content (AvgIpc) is 2.80. The lowest BCUT2D eigenvalue weighted by molar-refractivity contribution is 0.205. The highest BCUT2D eigenvalue weighted by atomic mass is 35.5. The van der Waals surface area contributed by atoms with E-state index < -0.39 is 6.10 Å². The predicted molar refractivity (Wildman–Crippen MR) is 68.2 cm³/mol. The minimum absolute atomic E-state index is 0.646. The molecule has 3 nitrogen and oxygen atoms in total. The van der Waals surface area contributed by atoms with Crippen LogP contribution in [0.4, 0.5) is 0 Å². The van der Waals surface area contributed by atoms with E-state index in [-0.39, 0.29) is 0 Å². The van der Waals surface area contributed by atoms with Gasteiger partial charge in [-0.15, -0.1) is 0 Å². The second-order valence-corrected chi connectivity index (χ2v) is 4.39. The van der Waals surface area contributed by atoms with Crippen molar-refractivity contribution in [3.05, 3.63) is 52.6 Å². The number of aliphatic hydroxyl groups excluding tert-OH is 1. The van der Waals surface area contributed by atoms with E-state index in [2.05, 4.69) is 4.98 Å². The molecule has 17 heavy (non-hydrogen) atoms. The molecule has 0 aliphatic heterocycles. The first-order valence-corrected chi connectivity index (χ1v) is 5.96. The molecule has 1 aromatic carbocycles. The van der Waals surface area contributed by atoms with E-state index in [1.54, 1.807) is 12.3 Å². The van der Waals surface area contributed by atoms with Crippen LogP contribution >= 0.6 is 11.6 Å². The third kappa shape index (κ3) is 2.35. The quantitative estimate of drug-likeness (QED) is 0.910. The highest BCUT2D eigenvalue weighted by Crippen LogP contribution is 2.25. The molecule has 1 aromatic heterocycles. The van der Waals surface area contributed by atoms with Gasteiger partial charge in [0.1, 0.15) is 11.9 Å². The summed E-state index contributed by atoms with van der Waals surface area (Å²) in [6.45, 7) is 4.73. The summed E-state index contributed by atoms with van der Waals surface area (Å²) in [5.41, 5.74) is 1.77. The van der Waals surface area contributed by atoms with E-state index in [1.165, 1.54) is 0 Å². The first-order valence-electron chi connectivity index (χ1n) is 5.58. The number of imidazole rings is 1. The van der Waals surface area contributed by atoms with Crippen molar-refractivity contribution >= 4 is 11.6 Å². The zero-order valence-electron chi connectivity index (χ0n) is 9.89. The third-order valence-electron chi connectivity index (χ3n) is 2.84. The van der Waals surface area contributed by atoms with Crippen LogP contribution in [0, 0.1) is 6.92 Å². The topological polar surface area (TPSA) is 38.0 Å². The van der Waals surface area contributed by atoms with Gasteiger partial charge in [-0.05, 0) is 31.0 Å². The number of hydrogen-bond acceptors (Lipinski definition) is 2. The van der Waals surface area contributed by atoms with Crippen LogP contribution in [0.2, 0.25) is 5.02 Å². The minimum atomic E-state index is -0.733. The molecule has 2 rings (SSSR count). The van der Waals surface area contributed by atoms with Crippen molar-refractivity contribution in [3.63, 3.8) is 0 Å². The van der Waals surface area contributed by atoms with E-state index in [4.69, 9.17) is 11.6 Å². The molecule has 2 aromatic rings. The zero-order valence-corrected chi connectivity index (χ0v) is 10.6. The summed E-state index contributed by atoms with van der Waals surface area (Å²) < 4.78 is 1.92. The molecule has 0 fully saturated rings. The lowest BCUT2D eigenvalue weighted by Crippen LogP contribution is -2.08. The van der Waals surface area contributed by atoms with Crippen molar-refractivity contribution in [2.24, 2.45) is 0 Å². The Labute approximate surface area is 106 Å². The van der Waals surface area contributed by atoms with Gasteiger partial charge in [0.25, 0.3) is 0 Å². The summed E-state index contributed by atoms with van der Waals surface area (Å²) in [7, 11) is 0. The Hall–Kier alpha value is -1.32. The Bertz CT molecular complexity index is 522. The second kappa shape index (κ2) is 4.90. The van der Waals surface area contributed by atoms with Crippen LogP contribution in [-0.4, -0.2) is 14.7 Å². The Morgan fingerprint density at radius 2 is 2.24 bits per heavy atom. The van der Waals surface area contributed by atoms with Crippen LogP contribution in [-0.2, 0) is 6.54 Å². The Balaban J connectivity index is 2.36. The van der Waals surface area contributed by atoms with Gasteiger partial charge in [0.2, 0.25) is 0 Å². The van der Waals surface area contributed by atoms with Gasteiger partial charge in [0.05, 0.1) is 0 Å². The van der Waals surface area contributed by atoms with Crippen molar-refractivity contribution < 1.29 is 5.11 Å². The number of benzene rings is 1. The van der Waals surface area contributed by atoms with E-state index in [1.807, 2.05) is 36.7 Å². The van der Waals surface area contributed by atoms with Crippen molar-refractivity contribution in [2.75, 3.05) is 0 Å². The van der Waals surface area contributed by atoms with Gasteiger partial charge < -0.3 is 9.67 Å². The number of halogens is 1. The molecule has 0 aliphatic rings. The van der Waals surface area contributed by atoms with E-state index in [9.17, 15) is 5.11 Å². The van der Waals surface area contributed by atoms with E-state index >= 15 is 0 Å². The molecule has 0 spiro atoms. The smallest absolute Gasteiger partial charge is 0.142 e. The average molecular weight is 251 g/mol. The highest BCUT2D eigenvalue weighted by Gasteiger charge is 2.16. The van der Waals surface area contributed by atoms with Crippen LogP contribution in [0.5, 0.6) is 0 Å². The van der Waals surface area contributed by atoms with E-state index in [0.29, 0.717) is 10.8 Å². The molecule has 0 saturated heterocycles.